The fourth-order valence-corrected chi connectivity index (χ4v) is 3.50. The van der Waals surface area contributed by atoms with Gasteiger partial charge in [-0.15, -0.1) is 0 Å². The molecule has 0 radical (unpaired) electrons. The summed E-state index contributed by atoms with van der Waals surface area (Å²) in [4.78, 5) is 6.43. The molecule has 2 aromatic rings. The average molecular weight is 486 g/mol. The van der Waals surface area contributed by atoms with Crippen LogP contribution in [0.2, 0.25) is 0 Å². The first-order chi connectivity index (χ1) is 14.7. The van der Waals surface area contributed by atoms with Crippen LogP contribution >= 0.6 is 0 Å². The third-order valence-electron chi connectivity index (χ3n) is 4.57. The van der Waals surface area contributed by atoms with Gasteiger partial charge < -0.3 is 15.2 Å². The van der Waals surface area contributed by atoms with Gasteiger partial charge in [0.2, 0.25) is 21.9 Å². The van der Waals surface area contributed by atoms with E-state index < -0.39 is 81.7 Å². The number of benzene rings is 1. The van der Waals surface area contributed by atoms with Gasteiger partial charge in [0.05, 0.1) is 16.7 Å². The molecular weight excluding hydrogens is 470 g/mol. The molecule has 0 bridgehead atoms. The molecule has 2 atom stereocenters. The van der Waals surface area contributed by atoms with Crippen molar-refractivity contribution in [1.82, 2.24) is 9.97 Å². The fraction of sp³-hybridized carbons (Fsp3) is 0.412. The van der Waals surface area contributed by atoms with E-state index in [2.05, 4.69) is 15.3 Å². The van der Waals surface area contributed by atoms with Gasteiger partial charge >= 0.3 is 6.18 Å². The molecule has 3 rings (SSSR count). The Morgan fingerprint density at radius 3 is 2.53 bits per heavy atom. The number of aliphatic hydroxyl groups is 1. The van der Waals surface area contributed by atoms with E-state index in [-0.39, 0.29) is 5.69 Å². The summed E-state index contributed by atoms with van der Waals surface area (Å²) in [6.07, 6.45) is -9.88. The molecule has 1 saturated carbocycles. The van der Waals surface area contributed by atoms with Crippen molar-refractivity contribution in [3.63, 3.8) is 0 Å². The van der Waals surface area contributed by atoms with Crippen molar-refractivity contribution in [3.8, 4) is 5.88 Å². The zero-order valence-corrected chi connectivity index (χ0v) is 16.7. The lowest BCUT2D eigenvalue weighted by Crippen LogP contribution is -2.43. The smallest absolute Gasteiger partial charge is 0.423 e. The minimum absolute atomic E-state index is 0.338. The Balaban J connectivity index is 1.89. The number of primary sulfonamides is 1. The lowest BCUT2D eigenvalue weighted by molar-refractivity contribution is -0.143. The maximum absolute atomic E-state index is 14.2. The highest BCUT2D eigenvalue weighted by atomic mass is 32.2. The second-order valence-corrected chi connectivity index (χ2v) is 8.61. The number of nitrogens with one attached hydrogen (secondary N) is 1. The van der Waals surface area contributed by atoms with Gasteiger partial charge in [-0.3, -0.25) is 0 Å². The predicted octanol–water partition coefficient (Wildman–Crippen LogP) is 2.95. The van der Waals surface area contributed by atoms with Gasteiger partial charge in [0, 0.05) is 19.0 Å². The van der Waals surface area contributed by atoms with Crippen molar-refractivity contribution in [1.29, 1.82) is 0 Å². The van der Waals surface area contributed by atoms with Gasteiger partial charge in [-0.25, -0.2) is 31.7 Å². The van der Waals surface area contributed by atoms with Crippen LogP contribution in [0.15, 0.2) is 29.3 Å². The third kappa shape index (κ3) is 5.58. The Labute approximate surface area is 177 Å². The molecule has 0 spiro atoms. The van der Waals surface area contributed by atoms with Crippen molar-refractivity contribution in [2.75, 3.05) is 5.32 Å². The molecule has 1 aromatic heterocycles. The van der Waals surface area contributed by atoms with Crippen molar-refractivity contribution in [2.45, 2.75) is 48.5 Å². The molecule has 176 valence electrons. The molecular formula is C17H16F6N4O4S. The Morgan fingerprint density at radius 1 is 1.28 bits per heavy atom. The van der Waals surface area contributed by atoms with Crippen LogP contribution in [0.25, 0.3) is 0 Å². The number of sulfonamides is 1. The number of hydrogen-bond donors (Lipinski definition) is 3. The maximum Gasteiger partial charge on any atom is 0.423 e. The second-order valence-electron chi connectivity index (χ2n) is 7.04. The molecule has 1 heterocycles. The molecule has 4 N–H and O–H groups in total. The Hall–Kier alpha value is -2.65. The molecule has 1 aliphatic carbocycles. The Bertz CT molecular complexity index is 1110. The molecule has 0 amide bonds. The van der Waals surface area contributed by atoms with Gasteiger partial charge in [0.15, 0.2) is 0 Å². The number of anilines is 2. The van der Waals surface area contributed by atoms with Gasteiger partial charge in [0.1, 0.15) is 17.5 Å². The first-order valence-corrected chi connectivity index (χ1v) is 10.5. The zero-order valence-electron chi connectivity index (χ0n) is 15.9. The van der Waals surface area contributed by atoms with Crippen molar-refractivity contribution in [2.24, 2.45) is 5.14 Å². The SMILES string of the molecule is NS(=O)(=O)c1ccc(Nc2ncc(C(F)(F)F)c(O[C@H]3CCC(F)(F)C[C@H]3O)n2)c(F)c1. The molecule has 8 nitrogen and oxygen atoms in total. The highest BCUT2D eigenvalue weighted by Gasteiger charge is 2.43. The van der Waals surface area contributed by atoms with Crippen LogP contribution < -0.4 is 15.2 Å². The van der Waals surface area contributed by atoms with Gasteiger partial charge in [-0.1, -0.05) is 0 Å². The van der Waals surface area contributed by atoms with Crippen LogP contribution in [0.5, 0.6) is 5.88 Å². The number of hydrogen-bond acceptors (Lipinski definition) is 7. The normalized spacial score (nSPS) is 21.2. The number of alkyl halides is 5. The summed E-state index contributed by atoms with van der Waals surface area (Å²) >= 11 is 0. The van der Waals surface area contributed by atoms with Crippen LogP contribution in [0, 0.1) is 5.82 Å². The summed E-state index contributed by atoms with van der Waals surface area (Å²) in [6.45, 7) is 0. The predicted molar refractivity (Wildman–Crippen MR) is 97.3 cm³/mol. The number of nitrogens with zero attached hydrogens (tertiary/aromatic N) is 2. The van der Waals surface area contributed by atoms with E-state index in [0.29, 0.717) is 12.3 Å². The molecule has 0 saturated heterocycles. The molecule has 1 aliphatic rings. The van der Waals surface area contributed by atoms with E-state index in [1.165, 1.54) is 0 Å². The van der Waals surface area contributed by atoms with E-state index in [1.54, 1.807) is 0 Å². The van der Waals surface area contributed by atoms with Gasteiger partial charge in [-0.2, -0.15) is 18.2 Å². The number of aliphatic hydroxyl groups excluding tert-OH is 1. The molecule has 15 heteroatoms. The molecule has 32 heavy (non-hydrogen) atoms. The molecule has 0 unspecified atom stereocenters. The highest BCUT2D eigenvalue weighted by Crippen LogP contribution is 2.39. The maximum atomic E-state index is 14.2. The van der Waals surface area contributed by atoms with Crippen molar-refractivity contribution < 1.29 is 44.6 Å². The first kappa shape index (κ1) is 24.0. The summed E-state index contributed by atoms with van der Waals surface area (Å²) in [5.74, 6) is -5.91. The molecule has 0 aliphatic heterocycles. The molecule has 1 aromatic carbocycles. The first-order valence-electron chi connectivity index (χ1n) is 8.92. The number of aromatic nitrogens is 2. The average Bonchev–Trinajstić information content (AvgIpc) is 2.63. The largest absolute Gasteiger partial charge is 0.471 e. The number of rotatable bonds is 5. The van der Waals surface area contributed by atoms with Crippen molar-refractivity contribution in [3.05, 3.63) is 35.8 Å². The zero-order chi connectivity index (χ0) is 23.9. The van der Waals surface area contributed by atoms with E-state index >= 15 is 0 Å². The minimum Gasteiger partial charge on any atom is -0.471 e. The quantitative estimate of drug-likeness (QED) is 0.555. The van der Waals surface area contributed by atoms with Crippen LogP contribution in [-0.4, -0.2) is 41.6 Å². The monoisotopic (exact) mass is 486 g/mol. The van der Waals surface area contributed by atoms with Crippen LogP contribution in [-0.2, 0) is 16.2 Å². The number of nitrogens with two attached hydrogens (primary N) is 1. The second kappa shape index (κ2) is 8.37. The Morgan fingerprint density at radius 2 is 1.97 bits per heavy atom. The fourth-order valence-electron chi connectivity index (χ4n) is 2.97. The van der Waals surface area contributed by atoms with E-state index in [1.807, 2.05) is 0 Å². The topological polar surface area (TPSA) is 127 Å². The number of ether oxygens (including phenoxy) is 1. The standard InChI is InChI=1S/C17H16F6N4O4S/c18-10-5-8(32(24,29)30)1-2-11(10)26-15-25-7-9(17(21,22)23)14(27-15)31-13-3-4-16(19,20)6-12(13)28/h1-2,5,7,12-13,28H,3-4,6H2,(H2,24,29,30)(H,25,26,27)/t12-,13+/m1/s1. The minimum atomic E-state index is -4.97. The lowest BCUT2D eigenvalue weighted by Gasteiger charge is -2.33. The summed E-state index contributed by atoms with van der Waals surface area (Å²) in [5.41, 5.74) is -1.82. The summed E-state index contributed by atoms with van der Waals surface area (Å²) in [6, 6.07) is 2.47. The summed E-state index contributed by atoms with van der Waals surface area (Å²) in [5, 5.41) is 17.0. The summed E-state index contributed by atoms with van der Waals surface area (Å²) in [7, 11) is -4.19. The van der Waals surface area contributed by atoms with E-state index in [0.717, 1.165) is 12.1 Å². The Kier molecular flexibility index (Phi) is 6.27. The molecule has 1 fully saturated rings. The summed E-state index contributed by atoms with van der Waals surface area (Å²) < 4.78 is 108. The van der Waals surface area contributed by atoms with E-state index in [4.69, 9.17) is 9.88 Å². The third-order valence-corrected chi connectivity index (χ3v) is 5.48. The lowest BCUT2D eigenvalue weighted by atomic mass is 9.91. The van der Waals surface area contributed by atoms with Crippen LogP contribution in [0.1, 0.15) is 24.8 Å². The number of halogens is 6. The van der Waals surface area contributed by atoms with Crippen LogP contribution in [0.4, 0.5) is 38.0 Å². The van der Waals surface area contributed by atoms with Gasteiger partial charge in [-0.05, 0) is 24.6 Å². The van der Waals surface area contributed by atoms with Crippen LogP contribution in [0.3, 0.4) is 0 Å². The van der Waals surface area contributed by atoms with Gasteiger partial charge in [0.25, 0.3) is 5.92 Å². The highest BCUT2D eigenvalue weighted by molar-refractivity contribution is 7.89. The van der Waals surface area contributed by atoms with Crippen molar-refractivity contribution >= 4 is 21.7 Å². The van der Waals surface area contributed by atoms with E-state index in [9.17, 15) is 39.9 Å².